The average molecular weight is 306 g/mol. The number of benzene rings is 1. The molecular weight excluding hydrogens is 292 g/mol. The summed E-state index contributed by atoms with van der Waals surface area (Å²) in [6.07, 6.45) is 3.43. The van der Waals surface area contributed by atoms with E-state index < -0.39 is 5.69 Å². The quantitative estimate of drug-likeness (QED) is 0.593. The van der Waals surface area contributed by atoms with Crippen molar-refractivity contribution in [1.29, 1.82) is 0 Å². The van der Waals surface area contributed by atoms with E-state index in [1.165, 1.54) is 4.57 Å². The molecule has 0 aliphatic carbocycles. The smallest absolute Gasteiger partial charge is 0.328 e. The van der Waals surface area contributed by atoms with E-state index >= 15 is 0 Å². The van der Waals surface area contributed by atoms with Crippen molar-refractivity contribution in [3.05, 3.63) is 74.8 Å². The number of H-pyrrole nitrogens is 2. The minimum Gasteiger partial charge on any atom is -0.360 e. The van der Waals surface area contributed by atoms with Gasteiger partial charge in [0.2, 0.25) is 0 Å². The Kier molecular flexibility index (Phi) is 2.90. The molecule has 0 amide bonds. The Hall–Kier alpha value is -3.15. The Morgan fingerprint density at radius 2 is 1.96 bits per heavy atom. The van der Waals surface area contributed by atoms with Gasteiger partial charge in [-0.1, -0.05) is 18.2 Å². The van der Waals surface area contributed by atoms with E-state index in [9.17, 15) is 9.59 Å². The summed E-state index contributed by atoms with van der Waals surface area (Å²) >= 11 is 0. The van der Waals surface area contributed by atoms with Crippen molar-refractivity contribution in [3.63, 3.8) is 0 Å². The van der Waals surface area contributed by atoms with E-state index in [0.29, 0.717) is 5.56 Å². The van der Waals surface area contributed by atoms with Gasteiger partial charge < -0.3 is 4.98 Å². The third-order valence-corrected chi connectivity index (χ3v) is 3.99. The minimum absolute atomic E-state index is 0.290. The molecule has 1 aromatic carbocycles. The van der Waals surface area contributed by atoms with Crippen molar-refractivity contribution in [1.82, 2.24) is 19.5 Å². The summed E-state index contributed by atoms with van der Waals surface area (Å²) in [6, 6.07) is 9.90. The van der Waals surface area contributed by atoms with Gasteiger partial charge in [0, 0.05) is 28.7 Å². The molecule has 114 valence electrons. The summed E-state index contributed by atoms with van der Waals surface area (Å²) < 4.78 is 1.47. The molecule has 3 aromatic heterocycles. The van der Waals surface area contributed by atoms with Gasteiger partial charge in [-0.15, -0.1) is 0 Å². The topological polar surface area (TPSA) is 83.5 Å². The molecule has 0 bridgehead atoms. The molecule has 0 spiro atoms. The van der Waals surface area contributed by atoms with E-state index in [-0.39, 0.29) is 12.1 Å². The maximum Gasteiger partial charge on any atom is 0.328 e. The van der Waals surface area contributed by atoms with Crippen LogP contribution in [0.2, 0.25) is 0 Å². The summed E-state index contributed by atoms with van der Waals surface area (Å²) in [4.78, 5) is 33.7. The van der Waals surface area contributed by atoms with E-state index in [1.807, 2.05) is 36.5 Å². The first-order valence-corrected chi connectivity index (χ1v) is 7.28. The highest BCUT2D eigenvalue weighted by atomic mass is 16.2. The van der Waals surface area contributed by atoms with Crippen LogP contribution >= 0.6 is 0 Å². The zero-order valence-electron chi connectivity index (χ0n) is 12.5. The zero-order valence-corrected chi connectivity index (χ0v) is 12.5. The number of pyridine rings is 1. The highest BCUT2D eigenvalue weighted by Gasteiger charge is 2.11. The Bertz CT molecular complexity index is 1150. The fourth-order valence-corrected chi connectivity index (χ4v) is 2.84. The maximum atomic E-state index is 12.0. The molecular formula is C17H14N4O2. The number of hydrogen-bond donors (Lipinski definition) is 2. The first kappa shape index (κ1) is 13.5. The Morgan fingerprint density at radius 1 is 1.13 bits per heavy atom. The number of aromatic nitrogens is 4. The van der Waals surface area contributed by atoms with Crippen LogP contribution in [0.15, 0.2) is 52.3 Å². The lowest BCUT2D eigenvalue weighted by atomic mass is 10.1. The Morgan fingerprint density at radius 3 is 2.83 bits per heavy atom. The number of nitrogens with zero attached hydrogens (tertiary/aromatic N) is 2. The number of aryl methyl sites for hydroxylation is 1. The number of hydrogen-bond acceptors (Lipinski definition) is 3. The highest BCUT2D eigenvalue weighted by molar-refractivity contribution is 6.05. The van der Waals surface area contributed by atoms with Crippen LogP contribution in [0.4, 0.5) is 0 Å². The van der Waals surface area contributed by atoms with Gasteiger partial charge in [0.25, 0.3) is 5.56 Å². The van der Waals surface area contributed by atoms with Gasteiger partial charge in [-0.3, -0.25) is 14.3 Å². The van der Waals surface area contributed by atoms with Crippen molar-refractivity contribution >= 4 is 21.8 Å². The number of para-hydroxylation sites is 1. The van der Waals surface area contributed by atoms with Crippen LogP contribution < -0.4 is 11.2 Å². The van der Waals surface area contributed by atoms with Gasteiger partial charge >= 0.3 is 5.69 Å². The summed E-state index contributed by atoms with van der Waals surface area (Å²) in [7, 11) is 0. The van der Waals surface area contributed by atoms with Gasteiger partial charge in [0.05, 0.1) is 23.3 Å². The molecule has 0 aliphatic rings. The summed E-state index contributed by atoms with van der Waals surface area (Å²) in [5.41, 5.74) is 2.24. The molecule has 0 fully saturated rings. The van der Waals surface area contributed by atoms with Crippen molar-refractivity contribution in [2.24, 2.45) is 0 Å². The number of rotatable bonds is 2. The first-order valence-electron chi connectivity index (χ1n) is 7.28. The molecule has 6 heteroatoms. The fourth-order valence-electron chi connectivity index (χ4n) is 2.84. The van der Waals surface area contributed by atoms with Crippen LogP contribution in [0.1, 0.15) is 11.3 Å². The van der Waals surface area contributed by atoms with Crippen LogP contribution in [0.25, 0.3) is 21.8 Å². The third-order valence-electron chi connectivity index (χ3n) is 3.99. The van der Waals surface area contributed by atoms with Gasteiger partial charge in [-0.2, -0.15) is 0 Å². The molecule has 0 saturated heterocycles. The van der Waals surface area contributed by atoms with Gasteiger partial charge in [-0.05, 0) is 19.1 Å². The Balaban J connectivity index is 1.95. The Labute approximate surface area is 130 Å². The molecule has 0 atom stereocenters. The number of aromatic amines is 2. The molecule has 23 heavy (non-hydrogen) atoms. The molecule has 6 nitrogen and oxygen atoms in total. The monoisotopic (exact) mass is 306 g/mol. The van der Waals surface area contributed by atoms with Crippen molar-refractivity contribution in [2.45, 2.75) is 13.5 Å². The van der Waals surface area contributed by atoms with Gasteiger partial charge in [0.1, 0.15) is 0 Å². The first-order chi connectivity index (χ1) is 11.1. The SMILES string of the molecule is Cc1cn(Cc2nc3ccccc3c3cc[nH]c23)c(=O)[nH]c1=O. The maximum absolute atomic E-state index is 12.0. The second-order valence-electron chi connectivity index (χ2n) is 5.54. The molecule has 3 heterocycles. The largest absolute Gasteiger partial charge is 0.360 e. The summed E-state index contributed by atoms with van der Waals surface area (Å²) in [5.74, 6) is 0. The molecule has 4 aromatic rings. The number of nitrogens with one attached hydrogen (secondary N) is 2. The molecule has 0 unspecified atom stereocenters. The normalized spacial score (nSPS) is 11.3. The summed E-state index contributed by atoms with van der Waals surface area (Å²) in [5, 5.41) is 2.14. The van der Waals surface area contributed by atoms with E-state index in [2.05, 4.69) is 15.0 Å². The summed E-state index contributed by atoms with van der Waals surface area (Å²) in [6.45, 7) is 1.96. The zero-order chi connectivity index (χ0) is 16.0. The predicted octanol–water partition coefficient (Wildman–Crippen LogP) is 1.92. The highest BCUT2D eigenvalue weighted by Crippen LogP contribution is 2.25. The minimum atomic E-state index is -0.435. The second-order valence-corrected chi connectivity index (χ2v) is 5.54. The van der Waals surface area contributed by atoms with Crippen molar-refractivity contribution in [3.8, 4) is 0 Å². The average Bonchev–Trinajstić information content (AvgIpc) is 3.03. The van der Waals surface area contributed by atoms with Crippen LogP contribution in [0.5, 0.6) is 0 Å². The lowest BCUT2D eigenvalue weighted by Gasteiger charge is -2.09. The molecule has 4 rings (SSSR count). The van der Waals surface area contributed by atoms with E-state index in [0.717, 1.165) is 27.5 Å². The molecule has 0 saturated carbocycles. The van der Waals surface area contributed by atoms with Gasteiger partial charge in [0.15, 0.2) is 0 Å². The number of fused-ring (bicyclic) bond motifs is 3. The third kappa shape index (κ3) is 2.15. The van der Waals surface area contributed by atoms with Crippen LogP contribution in [0.3, 0.4) is 0 Å². The lowest BCUT2D eigenvalue weighted by Crippen LogP contribution is -2.31. The molecule has 2 N–H and O–H groups in total. The predicted molar refractivity (Wildman–Crippen MR) is 88.8 cm³/mol. The second kappa shape index (κ2) is 4.95. The lowest BCUT2D eigenvalue weighted by molar-refractivity contribution is 0.704. The van der Waals surface area contributed by atoms with E-state index in [4.69, 9.17) is 0 Å². The van der Waals surface area contributed by atoms with Crippen LogP contribution in [-0.2, 0) is 6.54 Å². The van der Waals surface area contributed by atoms with Crippen LogP contribution in [-0.4, -0.2) is 19.5 Å². The van der Waals surface area contributed by atoms with Crippen LogP contribution in [0, 0.1) is 6.92 Å². The molecule has 0 radical (unpaired) electrons. The van der Waals surface area contributed by atoms with Crippen molar-refractivity contribution < 1.29 is 0 Å². The van der Waals surface area contributed by atoms with E-state index in [1.54, 1.807) is 13.1 Å². The van der Waals surface area contributed by atoms with Crippen molar-refractivity contribution in [2.75, 3.05) is 0 Å². The standard InChI is InChI=1S/C17H14N4O2/c1-10-8-21(17(23)20-16(10)22)9-14-15-12(6-7-18-15)11-4-2-3-5-13(11)19-14/h2-8,18H,9H2,1H3,(H,20,22,23). The van der Waals surface area contributed by atoms with Gasteiger partial charge in [-0.25, -0.2) is 9.78 Å². The fraction of sp³-hybridized carbons (Fsp3) is 0.118. The molecule has 0 aliphatic heterocycles.